The van der Waals surface area contributed by atoms with Gasteiger partial charge in [0.05, 0.1) is 18.7 Å². The molecule has 0 aromatic heterocycles. The van der Waals surface area contributed by atoms with Crippen molar-refractivity contribution in [1.29, 1.82) is 0 Å². The van der Waals surface area contributed by atoms with Crippen LogP contribution in [0.25, 0.3) is 0 Å². The second-order valence-electron chi connectivity index (χ2n) is 3.73. The summed E-state index contributed by atoms with van der Waals surface area (Å²) in [5, 5.41) is 0. The van der Waals surface area contributed by atoms with E-state index in [1.54, 1.807) is 19.9 Å². The molecule has 0 bridgehead atoms. The van der Waals surface area contributed by atoms with Crippen LogP contribution in [0.1, 0.15) is 13.8 Å². The van der Waals surface area contributed by atoms with Crippen molar-refractivity contribution in [1.82, 2.24) is 4.31 Å². The fraction of sp³-hybridized carbons (Fsp3) is 0.500. The van der Waals surface area contributed by atoms with E-state index in [2.05, 4.69) is 15.9 Å². The van der Waals surface area contributed by atoms with Crippen molar-refractivity contribution >= 4 is 26.0 Å². The highest BCUT2D eigenvalue weighted by Crippen LogP contribution is 2.36. The van der Waals surface area contributed by atoms with Gasteiger partial charge in [-0.3, -0.25) is 0 Å². The Morgan fingerprint density at radius 3 is 2.05 bits per heavy atom. The quantitative estimate of drug-likeness (QED) is 0.789. The first-order valence-electron chi connectivity index (χ1n) is 5.84. The Morgan fingerprint density at radius 2 is 1.63 bits per heavy atom. The lowest BCUT2D eigenvalue weighted by Crippen LogP contribution is -2.30. The maximum atomic E-state index is 12.5. The molecule has 1 rings (SSSR count). The number of nitrogens with zero attached hydrogens (tertiary/aromatic N) is 1. The van der Waals surface area contributed by atoms with Crippen molar-refractivity contribution in [3.63, 3.8) is 0 Å². The minimum atomic E-state index is -3.57. The molecule has 1 aromatic carbocycles. The predicted octanol–water partition coefficient (Wildman–Crippen LogP) is 2.50. The molecule has 108 valence electrons. The molecule has 0 atom stereocenters. The van der Waals surface area contributed by atoms with Crippen molar-refractivity contribution < 1.29 is 17.9 Å². The van der Waals surface area contributed by atoms with Crippen LogP contribution in [0.2, 0.25) is 0 Å². The average Bonchev–Trinajstić information content (AvgIpc) is 2.39. The zero-order valence-corrected chi connectivity index (χ0v) is 13.8. The SMILES string of the molecule is CCN(CC)S(=O)(=O)c1cc(Br)c(OC)cc1OC. The number of halogens is 1. The highest BCUT2D eigenvalue weighted by atomic mass is 79.9. The fourth-order valence-corrected chi connectivity index (χ4v) is 4.01. The highest BCUT2D eigenvalue weighted by Gasteiger charge is 2.27. The molecule has 19 heavy (non-hydrogen) atoms. The Labute approximate surface area is 122 Å². The summed E-state index contributed by atoms with van der Waals surface area (Å²) in [6.45, 7) is 4.41. The zero-order valence-electron chi connectivity index (χ0n) is 11.4. The van der Waals surface area contributed by atoms with Gasteiger partial charge in [0.25, 0.3) is 0 Å². The van der Waals surface area contributed by atoms with E-state index in [1.807, 2.05) is 0 Å². The molecule has 0 spiro atoms. The minimum absolute atomic E-state index is 0.131. The summed E-state index contributed by atoms with van der Waals surface area (Å²) in [5.74, 6) is 0.794. The summed E-state index contributed by atoms with van der Waals surface area (Å²) in [6, 6.07) is 3.06. The van der Waals surface area contributed by atoms with Gasteiger partial charge in [0.2, 0.25) is 10.0 Å². The highest BCUT2D eigenvalue weighted by molar-refractivity contribution is 9.10. The number of methoxy groups -OCH3 is 2. The fourth-order valence-electron chi connectivity index (χ4n) is 1.74. The molecule has 0 aliphatic rings. The smallest absolute Gasteiger partial charge is 0.246 e. The number of benzene rings is 1. The van der Waals surface area contributed by atoms with Crippen LogP contribution in [0.15, 0.2) is 21.5 Å². The largest absolute Gasteiger partial charge is 0.495 e. The standard InChI is InChI=1S/C12H18BrNO4S/c1-5-14(6-2)19(15,16)12-7-9(13)10(17-3)8-11(12)18-4/h7-8H,5-6H2,1-4H3. The van der Waals surface area contributed by atoms with Gasteiger partial charge < -0.3 is 9.47 Å². The van der Waals surface area contributed by atoms with Crippen molar-refractivity contribution in [2.75, 3.05) is 27.3 Å². The molecule has 0 unspecified atom stereocenters. The van der Waals surface area contributed by atoms with E-state index >= 15 is 0 Å². The first kappa shape index (κ1) is 16.3. The van der Waals surface area contributed by atoms with Crippen LogP contribution in [0.5, 0.6) is 11.5 Å². The molecule has 0 radical (unpaired) electrons. The first-order valence-corrected chi connectivity index (χ1v) is 8.07. The Morgan fingerprint density at radius 1 is 1.11 bits per heavy atom. The third-order valence-corrected chi connectivity index (χ3v) is 5.45. The number of sulfonamides is 1. The Hall–Kier alpha value is -0.790. The van der Waals surface area contributed by atoms with Crippen LogP contribution in [-0.4, -0.2) is 40.0 Å². The average molecular weight is 352 g/mol. The summed E-state index contributed by atoms with van der Waals surface area (Å²) >= 11 is 3.29. The van der Waals surface area contributed by atoms with Gasteiger partial charge in [-0.2, -0.15) is 4.31 Å². The van der Waals surface area contributed by atoms with E-state index in [4.69, 9.17) is 9.47 Å². The maximum absolute atomic E-state index is 12.5. The van der Waals surface area contributed by atoms with E-state index < -0.39 is 10.0 Å². The summed E-state index contributed by atoms with van der Waals surface area (Å²) in [7, 11) is -0.622. The van der Waals surface area contributed by atoms with Gasteiger partial charge >= 0.3 is 0 Å². The van der Waals surface area contributed by atoms with Gasteiger partial charge in [0.1, 0.15) is 16.4 Å². The van der Waals surface area contributed by atoms with E-state index in [-0.39, 0.29) is 10.6 Å². The van der Waals surface area contributed by atoms with E-state index in [9.17, 15) is 8.42 Å². The number of rotatable bonds is 6. The van der Waals surface area contributed by atoms with E-state index in [1.165, 1.54) is 24.6 Å². The molecule has 0 heterocycles. The van der Waals surface area contributed by atoms with Crippen molar-refractivity contribution in [2.45, 2.75) is 18.7 Å². The van der Waals surface area contributed by atoms with Crippen LogP contribution in [0.3, 0.4) is 0 Å². The molecule has 0 aliphatic heterocycles. The lowest BCUT2D eigenvalue weighted by molar-refractivity contribution is 0.380. The Balaban J connectivity index is 3.45. The third kappa shape index (κ3) is 3.21. The van der Waals surface area contributed by atoms with Crippen LogP contribution < -0.4 is 9.47 Å². The summed E-state index contributed by atoms with van der Waals surface area (Å²) in [6.07, 6.45) is 0. The normalized spacial score (nSPS) is 11.7. The molecular formula is C12H18BrNO4S. The molecular weight excluding hydrogens is 334 g/mol. The lowest BCUT2D eigenvalue weighted by Gasteiger charge is -2.20. The lowest BCUT2D eigenvalue weighted by atomic mass is 10.3. The topological polar surface area (TPSA) is 55.8 Å². The Bertz CT molecular complexity index is 541. The Kier molecular flexibility index (Phi) is 5.64. The first-order chi connectivity index (χ1) is 8.92. The van der Waals surface area contributed by atoms with Crippen LogP contribution in [0.4, 0.5) is 0 Å². The summed E-state index contributed by atoms with van der Waals surface area (Å²) in [4.78, 5) is 0.131. The second kappa shape index (κ2) is 6.58. The second-order valence-corrected chi connectivity index (χ2v) is 6.49. The predicted molar refractivity (Wildman–Crippen MR) is 77.4 cm³/mol. The summed E-state index contributed by atoms with van der Waals surface area (Å²) in [5.41, 5.74) is 0. The van der Waals surface area contributed by atoms with Crippen LogP contribution in [-0.2, 0) is 10.0 Å². The van der Waals surface area contributed by atoms with Crippen LogP contribution in [0, 0.1) is 0 Å². The van der Waals surface area contributed by atoms with Crippen LogP contribution >= 0.6 is 15.9 Å². The minimum Gasteiger partial charge on any atom is -0.495 e. The van der Waals surface area contributed by atoms with Gasteiger partial charge in [-0.15, -0.1) is 0 Å². The van der Waals surface area contributed by atoms with E-state index in [0.29, 0.717) is 23.3 Å². The van der Waals surface area contributed by atoms with Gasteiger partial charge in [0, 0.05) is 19.2 Å². The summed E-state index contributed by atoms with van der Waals surface area (Å²) < 4.78 is 37.3. The molecule has 0 N–H and O–H groups in total. The molecule has 0 saturated heterocycles. The molecule has 5 nitrogen and oxygen atoms in total. The number of hydrogen-bond acceptors (Lipinski definition) is 4. The van der Waals surface area contributed by atoms with Crippen molar-refractivity contribution in [3.05, 3.63) is 16.6 Å². The molecule has 0 fully saturated rings. The zero-order chi connectivity index (χ0) is 14.6. The van der Waals surface area contributed by atoms with Gasteiger partial charge in [0.15, 0.2) is 0 Å². The third-order valence-electron chi connectivity index (χ3n) is 2.76. The van der Waals surface area contributed by atoms with Gasteiger partial charge in [-0.1, -0.05) is 13.8 Å². The molecule has 0 saturated carbocycles. The number of ether oxygens (including phenoxy) is 2. The number of hydrogen-bond donors (Lipinski definition) is 0. The van der Waals surface area contributed by atoms with Gasteiger partial charge in [-0.25, -0.2) is 8.42 Å². The maximum Gasteiger partial charge on any atom is 0.246 e. The van der Waals surface area contributed by atoms with Crippen molar-refractivity contribution in [2.24, 2.45) is 0 Å². The van der Waals surface area contributed by atoms with E-state index in [0.717, 1.165) is 0 Å². The molecule has 0 aliphatic carbocycles. The monoisotopic (exact) mass is 351 g/mol. The molecule has 1 aromatic rings. The molecule has 7 heteroatoms. The molecule has 0 amide bonds. The van der Waals surface area contributed by atoms with Crippen molar-refractivity contribution in [3.8, 4) is 11.5 Å². The van der Waals surface area contributed by atoms with Gasteiger partial charge in [-0.05, 0) is 22.0 Å².